The zero-order valence-corrected chi connectivity index (χ0v) is 9.78. The lowest BCUT2D eigenvalue weighted by Crippen LogP contribution is -2.09. The second-order valence-corrected chi connectivity index (χ2v) is 4.01. The van der Waals surface area contributed by atoms with E-state index in [9.17, 15) is 0 Å². The number of benzene rings is 1. The van der Waals surface area contributed by atoms with Crippen molar-refractivity contribution in [1.82, 2.24) is 0 Å². The second-order valence-electron chi connectivity index (χ2n) is 4.01. The number of nitrogens with two attached hydrogens (primary N) is 2. The lowest BCUT2D eigenvalue weighted by atomic mass is 9.97. The molecule has 0 aliphatic rings. The first kappa shape index (κ1) is 13.2. The summed E-state index contributed by atoms with van der Waals surface area (Å²) in [4.78, 5) is 0. The molecule has 0 saturated carbocycles. The van der Waals surface area contributed by atoms with Crippen LogP contribution >= 0.6 is 0 Å². The van der Waals surface area contributed by atoms with Gasteiger partial charge >= 0.3 is 0 Å². The first-order valence-corrected chi connectivity index (χ1v) is 5.93. The molecule has 5 N–H and O–H groups in total. The maximum atomic E-state index is 8.80. The van der Waals surface area contributed by atoms with Crippen LogP contribution in [0.4, 0.5) is 0 Å². The largest absolute Gasteiger partial charge is 0.396 e. The van der Waals surface area contributed by atoms with Crippen LogP contribution in [-0.4, -0.2) is 24.8 Å². The van der Waals surface area contributed by atoms with Crippen molar-refractivity contribution in [2.24, 2.45) is 11.5 Å². The second kappa shape index (κ2) is 7.39. The molecule has 0 radical (unpaired) electrons. The van der Waals surface area contributed by atoms with Crippen molar-refractivity contribution in [2.45, 2.75) is 25.7 Å². The van der Waals surface area contributed by atoms with Gasteiger partial charge in [-0.15, -0.1) is 0 Å². The molecule has 0 heterocycles. The topological polar surface area (TPSA) is 72.3 Å². The highest BCUT2D eigenvalue weighted by Gasteiger charge is 2.03. The molecule has 0 spiro atoms. The van der Waals surface area contributed by atoms with Gasteiger partial charge in [-0.25, -0.2) is 0 Å². The van der Waals surface area contributed by atoms with Crippen LogP contribution < -0.4 is 11.5 Å². The van der Waals surface area contributed by atoms with Crippen molar-refractivity contribution in [3.8, 4) is 0 Å². The average Bonchev–Trinajstić information content (AvgIpc) is 2.30. The fourth-order valence-corrected chi connectivity index (χ4v) is 1.91. The molecule has 0 saturated heterocycles. The van der Waals surface area contributed by atoms with Crippen LogP contribution in [0.2, 0.25) is 0 Å². The molecule has 0 bridgehead atoms. The van der Waals surface area contributed by atoms with Gasteiger partial charge < -0.3 is 16.6 Å². The molecule has 0 amide bonds. The van der Waals surface area contributed by atoms with Gasteiger partial charge in [0.05, 0.1) is 0 Å². The highest BCUT2D eigenvalue weighted by molar-refractivity contribution is 5.33. The van der Waals surface area contributed by atoms with Crippen LogP contribution in [0.1, 0.15) is 23.1 Å². The van der Waals surface area contributed by atoms with Crippen molar-refractivity contribution in [3.63, 3.8) is 0 Å². The van der Waals surface area contributed by atoms with E-state index in [4.69, 9.17) is 16.6 Å². The first-order valence-electron chi connectivity index (χ1n) is 5.93. The minimum absolute atomic E-state index is 0.247. The molecule has 16 heavy (non-hydrogen) atoms. The Kier molecular flexibility index (Phi) is 6.08. The van der Waals surface area contributed by atoms with E-state index < -0.39 is 0 Å². The average molecular weight is 222 g/mol. The van der Waals surface area contributed by atoms with E-state index in [0.717, 1.165) is 25.7 Å². The van der Waals surface area contributed by atoms with E-state index in [1.54, 1.807) is 0 Å². The third-order valence-electron chi connectivity index (χ3n) is 2.72. The van der Waals surface area contributed by atoms with E-state index in [1.807, 2.05) is 0 Å². The summed E-state index contributed by atoms with van der Waals surface area (Å²) in [5.41, 5.74) is 15.1. The van der Waals surface area contributed by atoms with E-state index >= 15 is 0 Å². The van der Waals surface area contributed by atoms with Gasteiger partial charge in [0.2, 0.25) is 0 Å². The number of aliphatic hydroxyl groups excluding tert-OH is 1. The lowest BCUT2D eigenvalue weighted by molar-refractivity contribution is 0.288. The molecule has 0 aliphatic heterocycles. The normalized spacial score (nSPS) is 10.7. The Hall–Kier alpha value is -0.900. The minimum atomic E-state index is 0.247. The van der Waals surface area contributed by atoms with Crippen molar-refractivity contribution in [1.29, 1.82) is 0 Å². The summed E-state index contributed by atoms with van der Waals surface area (Å²) in [7, 11) is 0. The Morgan fingerprint density at radius 2 is 1.62 bits per heavy atom. The van der Waals surface area contributed by atoms with E-state index in [0.29, 0.717) is 13.1 Å². The van der Waals surface area contributed by atoms with Crippen LogP contribution in [-0.2, 0) is 19.3 Å². The van der Waals surface area contributed by atoms with Crippen LogP contribution in [0.15, 0.2) is 18.2 Å². The summed E-state index contributed by atoms with van der Waals surface area (Å²) in [5, 5.41) is 8.80. The van der Waals surface area contributed by atoms with Gasteiger partial charge in [0.15, 0.2) is 0 Å². The highest BCUT2D eigenvalue weighted by Crippen LogP contribution is 2.14. The minimum Gasteiger partial charge on any atom is -0.396 e. The molecule has 0 atom stereocenters. The van der Waals surface area contributed by atoms with Crippen molar-refractivity contribution in [3.05, 3.63) is 34.9 Å². The Morgan fingerprint density at radius 1 is 0.938 bits per heavy atom. The Balaban J connectivity index is 2.79. The highest BCUT2D eigenvalue weighted by atomic mass is 16.2. The van der Waals surface area contributed by atoms with E-state index in [1.165, 1.54) is 16.7 Å². The molecular formula is C13H22N2O. The monoisotopic (exact) mass is 222 g/mol. The van der Waals surface area contributed by atoms with Gasteiger partial charge in [-0.1, -0.05) is 18.2 Å². The van der Waals surface area contributed by atoms with Crippen LogP contribution in [0.25, 0.3) is 0 Å². The molecule has 3 heteroatoms. The summed E-state index contributed by atoms with van der Waals surface area (Å²) in [6.07, 6.45) is 3.56. The van der Waals surface area contributed by atoms with E-state index in [-0.39, 0.29) is 6.61 Å². The third kappa shape index (κ3) is 3.93. The molecular weight excluding hydrogens is 200 g/mol. The molecule has 1 aromatic rings. The molecule has 90 valence electrons. The van der Waals surface area contributed by atoms with Gasteiger partial charge in [0.25, 0.3) is 0 Å². The quantitative estimate of drug-likeness (QED) is 0.633. The predicted molar refractivity (Wildman–Crippen MR) is 67.4 cm³/mol. The number of aliphatic hydroxyl groups is 1. The fourth-order valence-electron chi connectivity index (χ4n) is 1.91. The van der Waals surface area contributed by atoms with Gasteiger partial charge in [-0.2, -0.15) is 0 Å². The summed E-state index contributed by atoms with van der Waals surface area (Å²) in [6, 6.07) is 6.47. The molecule has 0 aliphatic carbocycles. The zero-order chi connectivity index (χ0) is 11.8. The standard InChI is InChI=1S/C13H22N2O/c14-7-5-12-4-3-11(2-1-9-16)10-13(12)6-8-15/h3-4,10,16H,1-2,5-9,14-15H2. The zero-order valence-electron chi connectivity index (χ0n) is 9.78. The Morgan fingerprint density at radius 3 is 2.25 bits per heavy atom. The summed E-state index contributed by atoms with van der Waals surface area (Å²) >= 11 is 0. The SMILES string of the molecule is NCCc1ccc(CCCO)cc1CCN. The maximum absolute atomic E-state index is 8.80. The first-order chi connectivity index (χ1) is 7.81. The molecule has 1 aromatic carbocycles. The number of hydrogen-bond acceptors (Lipinski definition) is 3. The maximum Gasteiger partial charge on any atom is 0.0434 e. The van der Waals surface area contributed by atoms with Crippen molar-refractivity contribution in [2.75, 3.05) is 19.7 Å². The van der Waals surface area contributed by atoms with E-state index in [2.05, 4.69) is 18.2 Å². The number of aryl methyl sites for hydroxylation is 1. The summed E-state index contributed by atoms with van der Waals surface area (Å²) in [5.74, 6) is 0. The molecule has 0 unspecified atom stereocenters. The third-order valence-corrected chi connectivity index (χ3v) is 2.72. The van der Waals surface area contributed by atoms with Crippen LogP contribution in [0.5, 0.6) is 0 Å². The lowest BCUT2D eigenvalue weighted by Gasteiger charge is -2.10. The van der Waals surface area contributed by atoms with Gasteiger partial charge in [-0.05, 0) is 55.5 Å². The van der Waals surface area contributed by atoms with Crippen LogP contribution in [0.3, 0.4) is 0 Å². The Labute approximate surface area is 97.5 Å². The van der Waals surface area contributed by atoms with Gasteiger partial charge in [-0.3, -0.25) is 0 Å². The summed E-state index contributed by atoms with van der Waals surface area (Å²) in [6.45, 7) is 1.59. The predicted octanol–water partition coefficient (Wildman–Crippen LogP) is 0.614. The van der Waals surface area contributed by atoms with Gasteiger partial charge in [0, 0.05) is 6.61 Å². The van der Waals surface area contributed by atoms with Crippen LogP contribution in [0, 0.1) is 0 Å². The van der Waals surface area contributed by atoms with Gasteiger partial charge in [0.1, 0.15) is 0 Å². The number of rotatable bonds is 7. The van der Waals surface area contributed by atoms with Crippen molar-refractivity contribution >= 4 is 0 Å². The number of hydrogen-bond donors (Lipinski definition) is 3. The summed E-state index contributed by atoms with van der Waals surface area (Å²) < 4.78 is 0. The van der Waals surface area contributed by atoms with Crippen molar-refractivity contribution < 1.29 is 5.11 Å². The Bertz CT molecular complexity index is 313. The fraction of sp³-hybridized carbons (Fsp3) is 0.538. The molecule has 0 fully saturated rings. The molecule has 0 aromatic heterocycles. The molecule has 3 nitrogen and oxygen atoms in total. The smallest absolute Gasteiger partial charge is 0.0434 e. The molecule has 1 rings (SSSR count).